The van der Waals surface area contributed by atoms with Crippen molar-refractivity contribution in [2.24, 2.45) is 5.73 Å². The van der Waals surface area contributed by atoms with Gasteiger partial charge in [-0.05, 0) is 20.3 Å². The Hall–Kier alpha value is -1.13. The van der Waals surface area contributed by atoms with Crippen LogP contribution in [0.5, 0.6) is 17.2 Å². The lowest BCUT2D eigenvalue weighted by Gasteiger charge is -2.22. The standard InChI is InChI=1S/C12H18ClNO3/c1-12(2,14)6-7-10(15)8(13)5-9(16-3)11(7)17-4/h5,15H,6,14H2,1-4H3. The van der Waals surface area contributed by atoms with Crippen molar-refractivity contribution < 1.29 is 14.6 Å². The van der Waals surface area contributed by atoms with Crippen molar-refractivity contribution in [1.29, 1.82) is 0 Å². The number of benzene rings is 1. The lowest BCUT2D eigenvalue weighted by Crippen LogP contribution is -2.34. The molecule has 1 aromatic rings. The Balaban J connectivity index is 3.38. The minimum atomic E-state index is -0.486. The Bertz CT molecular complexity index is 413. The van der Waals surface area contributed by atoms with E-state index >= 15 is 0 Å². The van der Waals surface area contributed by atoms with Gasteiger partial charge in [-0.15, -0.1) is 0 Å². The average molecular weight is 260 g/mol. The van der Waals surface area contributed by atoms with E-state index in [-0.39, 0.29) is 10.8 Å². The van der Waals surface area contributed by atoms with Gasteiger partial charge in [-0.1, -0.05) is 11.6 Å². The predicted molar refractivity (Wildman–Crippen MR) is 68.2 cm³/mol. The number of aromatic hydroxyl groups is 1. The van der Waals surface area contributed by atoms with E-state index in [4.69, 9.17) is 26.8 Å². The summed E-state index contributed by atoms with van der Waals surface area (Å²) in [5.74, 6) is 0.935. The van der Waals surface area contributed by atoms with Crippen LogP contribution in [0.4, 0.5) is 0 Å². The van der Waals surface area contributed by atoms with Crippen LogP contribution in [0, 0.1) is 0 Å². The first kappa shape index (κ1) is 13.9. The summed E-state index contributed by atoms with van der Waals surface area (Å²) >= 11 is 5.93. The Labute approximate surface area is 106 Å². The van der Waals surface area contributed by atoms with Crippen molar-refractivity contribution in [3.8, 4) is 17.2 Å². The van der Waals surface area contributed by atoms with Gasteiger partial charge in [0.05, 0.1) is 19.2 Å². The molecule has 3 N–H and O–H groups in total. The first-order chi connectivity index (χ1) is 7.80. The van der Waals surface area contributed by atoms with E-state index in [0.29, 0.717) is 23.5 Å². The van der Waals surface area contributed by atoms with Gasteiger partial charge in [0, 0.05) is 17.2 Å². The summed E-state index contributed by atoms with van der Waals surface area (Å²) in [4.78, 5) is 0. The van der Waals surface area contributed by atoms with Crippen LogP contribution >= 0.6 is 11.6 Å². The van der Waals surface area contributed by atoms with Crippen LogP contribution in [0.2, 0.25) is 5.02 Å². The zero-order chi connectivity index (χ0) is 13.2. The molecule has 0 aliphatic carbocycles. The average Bonchev–Trinajstić information content (AvgIpc) is 2.22. The number of hydrogen-bond donors (Lipinski definition) is 2. The summed E-state index contributed by atoms with van der Waals surface area (Å²) in [5, 5.41) is 10.2. The monoisotopic (exact) mass is 259 g/mol. The SMILES string of the molecule is COc1cc(Cl)c(O)c(CC(C)(C)N)c1OC. The molecule has 0 bridgehead atoms. The summed E-state index contributed by atoms with van der Waals surface area (Å²) in [6.45, 7) is 3.72. The molecule has 1 aromatic carbocycles. The van der Waals surface area contributed by atoms with Gasteiger partial charge in [0.2, 0.25) is 0 Å². The van der Waals surface area contributed by atoms with E-state index in [1.807, 2.05) is 13.8 Å². The van der Waals surface area contributed by atoms with Gasteiger partial charge < -0.3 is 20.3 Å². The quantitative estimate of drug-likeness (QED) is 0.871. The van der Waals surface area contributed by atoms with Crippen molar-refractivity contribution in [2.45, 2.75) is 25.8 Å². The molecule has 4 nitrogen and oxygen atoms in total. The molecule has 1 rings (SSSR count). The van der Waals surface area contributed by atoms with Gasteiger partial charge in [0.1, 0.15) is 5.75 Å². The van der Waals surface area contributed by atoms with Gasteiger partial charge in [-0.3, -0.25) is 0 Å². The van der Waals surface area contributed by atoms with Crippen molar-refractivity contribution in [2.75, 3.05) is 14.2 Å². The van der Waals surface area contributed by atoms with Crippen molar-refractivity contribution in [1.82, 2.24) is 0 Å². The second kappa shape index (κ2) is 5.02. The van der Waals surface area contributed by atoms with Crippen LogP contribution in [0.1, 0.15) is 19.4 Å². The minimum absolute atomic E-state index is 0.0113. The lowest BCUT2D eigenvalue weighted by atomic mass is 9.94. The summed E-state index contributed by atoms with van der Waals surface area (Å²) in [5.41, 5.74) is 6.02. The van der Waals surface area contributed by atoms with Crippen LogP contribution in [0.25, 0.3) is 0 Å². The molecule has 0 amide bonds. The zero-order valence-corrected chi connectivity index (χ0v) is 11.3. The number of ether oxygens (including phenoxy) is 2. The van der Waals surface area contributed by atoms with Crippen molar-refractivity contribution >= 4 is 11.6 Å². The fourth-order valence-electron chi connectivity index (χ4n) is 1.64. The summed E-state index contributed by atoms with van der Waals surface area (Å²) < 4.78 is 10.4. The number of rotatable bonds is 4. The molecule has 0 radical (unpaired) electrons. The maximum absolute atomic E-state index is 9.97. The molecular formula is C12H18ClNO3. The Morgan fingerprint density at radius 3 is 2.35 bits per heavy atom. The van der Waals surface area contributed by atoms with Crippen molar-refractivity contribution in [3.05, 3.63) is 16.7 Å². The molecule has 0 unspecified atom stereocenters. The predicted octanol–water partition coefficient (Wildman–Crippen LogP) is 2.34. The lowest BCUT2D eigenvalue weighted by molar-refractivity contribution is 0.342. The highest BCUT2D eigenvalue weighted by Crippen LogP contribution is 2.43. The third-order valence-corrected chi connectivity index (χ3v) is 2.61. The van der Waals surface area contributed by atoms with E-state index in [1.54, 1.807) is 0 Å². The van der Waals surface area contributed by atoms with Gasteiger partial charge in [0.25, 0.3) is 0 Å². The van der Waals surface area contributed by atoms with Gasteiger partial charge in [0.15, 0.2) is 11.5 Å². The van der Waals surface area contributed by atoms with Crippen LogP contribution < -0.4 is 15.2 Å². The highest BCUT2D eigenvalue weighted by molar-refractivity contribution is 6.32. The third kappa shape index (κ3) is 3.17. The molecule has 0 saturated heterocycles. The molecule has 17 heavy (non-hydrogen) atoms. The van der Waals surface area contributed by atoms with Crippen LogP contribution in [-0.4, -0.2) is 24.9 Å². The van der Waals surface area contributed by atoms with E-state index in [2.05, 4.69) is 0 Å². The number of phenolic OH excluding ortho intramolecular Hbond substituents is 1. The molecular weight excluding hydrogens is 242 g/mol. The molecule has 0 spiro atoms. The molecule has 0 saturated carbocycles. The highest BCUT2D eigenvalue weighted by atomic mass is 35.5. The molecule has 0 aromatic heterocycles. The van der Waals surface area contributed by atoms with Gasteiger partial charge in [-0.25, -0.2) is 0 Å². The van der Waals surface area contributed by atoms with E-state index in [1.165, 1.54) is 20.3 Å². The Morgan fingerprint density at radius 2 is 1.94 bits per heavy atom. The second-order valence-electron chi connectivity index (χ2n) is 4.59. The smallest absolute Gasteiger partial charge is 0.167 e. The molecule has 0 aliphatic rings. The van der Waals surface area contributed by atoms with Gasteiger partial charge in [-0.2, -0.15) is 0 Å². The first-order valence-electron chi connectivity index (χ1n) is 5.21. The topological polar surface area (TPSA) is 64.7 Å². The third-order valence-electron chi connectivity index (χ3n) is 2.32. The van der Waals surface area contributed by atoms with Crippen molar-refractivity contribution in [3.63, 3.8) is 0 Å². The second-order valence-corrected chi connectivity index (χ2v) is 4.99. The highest BCUT2D eigenvalue weighted by Gasteiger charge is 2.23. The molecule has 0 atom stereocenters. The normalized spacial score (nSPS) is 11.4. The fraction of sp³-hybridized carbons (Fsp3) is 0.500. The van der Waals surface area contributed by atoms with Gasteiger partial charge >= 0.3 is 0 Å². The maximum Gasteiger partial charge on any atom is 0.167 e. The first-order valence-corrected chi connectivity index (χ1v) is 5.59. The summed E-state index contributed by atoms with van der Waals surface area (Å²) in [7, 11) is 3.03. The van der Waals surface area contributed by atoms with E-state index in [9.17, 15) is 5.11 Å². The molecule has 0 heterocycles. The zero-order valence-electron chi connectivity index (χ0n) is 10.5. The maximum atomic E-state index is 9.97. The largest absolute Gasteiger partial charge is 0.506 e. The molecule has 0 fully saturated rings. The number of halogens is 1. The number of nitrogens with two attached hydrogens (primary N) is 1. The Kier molecular flexibility index (Phi) is 4.11. The van der Waals surface area contributed by atoms with Crippen LogP contribution in [-0.2, 0) is 6.42 Å². The molecule has 0 aliphatic heterocycles. The minimum Gasteiger partial charge on any atom is -0.506 e. The van der Waals surface area contributed by atoms with Crippen LogP contribution in [0.15, 0.2) is 6.07 Å². The number of phenols is 1. The number of methoxy groups -OCH3 is 2. The number of hydrogen-bond acceptors (Lipinski definition) is 4. The summed E-state index contributed by atoms with van der Waals surface area (Å²) in [6, 6.07) is 1.52. The molecule has 96 valence electrons. The van der Waals surface area contributed by atoms with E-state index in [0.717, 1.165) is 0 Å². The fourth-order valence-corrected chi connectivity index (χ4v) is 1.86. The summed E-state index contributed by atoms with van der Waals surface area (Å²) in [6.07, 6.45) is 0.429. The molecule has 5 heteroatoms. The van der Waals surface area contributed by atoms with E-state index < -0.39 is 5.54 Å². The van der Waals surface area contributed by atoms with Crippen LogP contribution in [0.3, 0.4) is 0 Å². The Morgan fingerprint density at radius 1 is 1.35 bits per heavy atom.